The minimum absolute atomic E-state index is 0.301. The molecule has 2 heterocycles. The molecule has 0 fully saturated rings. The third-order valence-electron chi connectivity index (χ3n) is 4.00. The van der Waals surface area contributed by atoms with Gasteiger partial charge in [0.25, 0.3) is 11.8 Å². The van der Waals surface area contributed by atoms with Gasteiger partial charge in [-0.1, -0.05) is 30.3 Å². The Morgan fingerprint density at radius 2 is 1.61 bits per heavy atom. The highest BCUT2D eigenvalue weighted by atomic mass is 79.9. The molecule has 1 aromatic heterocycles. The Morgan fingerprint density at radius 3 is 2.35 bits per heavy atom. The van der Waals surface area contributed by atoms with Gasteiger partial charge in [0.15, 0.2) is 0 Å². The van der Waals surface area contributed by atoms with Gasteiger partial charge in [0.1, 0.15) is 0 Å². The van der Waals surface area contributed by atoms with Crippen LogP contribution in [-0.4, -0.2) is 16.8 Å². The van der Waals surface area contributed by atoms with Crippen LogP contribution in [0.1, 0.15) is 26.4 Å². The summed E-state index contributed by atoms with van der Waals surface area (Å²) in [5, 5.41) is 0.691. The van der Waals surface area contributed by atoms with Crippen molar-refractivity contribution in [3.8, 4) is 0 Å². The minimum atomic E-state index is -0.317. The van der Waals surface area contributed by atoms with E-state index in [1.54, 1.807) is 31.2 Å². The number of rotatable bonds is 1. The lowest BCUT2D eigenvalue weighted by Gasteiger charge is -2.13. The molecule has 0 radical (unpaired) electrons. The van der Waals surface area contributed by atoms with Gasteiger partial charge in [-0.3, -0.25) is 14.6 Å². The zero-order valence-corrected chi connectivity index (χ0v) is 13.8. The molecule has 0 spiro atoms. The second-order valence-corrected chi connectivity index (χ2v) is 6.22. The number of carbonyl (C=O) groups excluding carboxylic acids is 2. The number of aromatic nitrogens is 1. The number of nitrogens with zero attached hydrogens (tertiary/aromatic N) is 2. The molecule has 0 saturated carbocycles. The fourth-order valence-corrected chi connectivity index (χ4v) is 3.44. The Kier molecular flexibility index (Phi) is 3.06. The van der Waals surface area contributed by atoms with Crippen molar-refractivity contribution < 1.29 is 9.59 Å². The summed E-state index contributed by atoms with van der Waals surface area (Å²) in [7, 11) is 0. The van der Waals surface area contributed by atoms with Crippen LogP contribution >= 0.6 is 15.9 Å². The van der Waals surface area contributed by atoms with E-state index >= 15 is 0 Å². The van der Waals surface area contributed by atoms with E-state index in [9.17, 15) is 9.59 Å². The molecule has 0 atom stereocenters. The van der Waals surface area contributed by atoms with Crippen LogP contribution in [0.25, 0.3) is 10.9 Å². The molecular weight excluding hydrogens is 356 g/mol. The topological polar surface area (TPSA) is 50.3 Å². The van der Waals surface area contributed by atoms with E-state index in [0.717, 1.165) is 4.47 Å². The number of anilines is 1. The predicted octanol–water partition coefficient (Wildman–Crippen LogP) is 4.11. The fourth-order valence-electron chi connectivity index (χ4n) is 2.98. The number of carbonyl (C=O) groups is 2. The van der Waals surface area contributed by atoms with Crippen LogP contribution in [0.15, 0.2) is 53.0 Å². The summed E-state index contributed by atoms with van der Waals surface area (Å²) in [6, 6.07) is 14.5. The molecule has 0 aliphatic carbocycles. The molecule has 5 heteroatoms. The summed E-state index contributed by atoms with van der Waals surface area (Å²) in [5.74, 6) is -0.618. The summed E-state index contributed by atoms with van der Waals surface area (Å²) >= 11 is 3.46. The van der Waals surface area contributed by atoms with Crippen molar-refractivity contribution in [3.05, 3.63) is 69.8 Å². The molecule has 0 saturated heterocycles. The maximum atomic E-state index is 12.9. The lowest BCUT2D eigenvalue weighted by atomic mass is 10.0. The summed E-state index contributed by atoms with van der Waals surface area (Å²) in [6.07, 6.45) is 0. The highest BCUT2D eigenvalue weighted by Crippen LogP contribution is 2.35. The summed E-state index contributed by atoms with van der Waals surface area (Å²) in [4.78, 5) is 31.5. The van der Waals surface area contributed by atoms with Crippen LogP contribution in [0.4, 0.5) is 5.69 Å². The van der Waals surface area contributed by atoms with E-state index in [1.807, 2.05) is 24.3 Å². The Morgan fingerprint density at radius 1 is 0.913 bits per heavy atom. The first-order valence-corrected chi connectivity index (χ1v) is 7.91. The Balaban J connectivity index is 2.03. The number of fused-ring (bicyclic) bond motifs is 3. The van der Waals surface area contributed by atoms with Gasteiger partial charge in [-0.05, 0) is 41.1 Å². The van der Waals surface area contributed by atoms with E-state index < -0.39 is 0 Å². The first-order valence-electron chi connectivity index (χ1n) is 7.12. The molecule has 4 rings (SSSR count). The molecular formula is C18H11BrN2O2. The van der Waals surface area contributed by atoms with Crippen LogP contribution in [0, 0.1) is 6.92 Å². The van der Waals surface area contributed by atoms with E-state index in [2.05, 4.69) is 20.9 Å². The van der Waals surface area contributed by atoms with Crippen molar-refractivity contribution >= 4 is 44.3 Å². The van der Waals surface area contributed by atoms with Crippen molar-refractivity contribution in [3.63, 3.8) is 0 Å². The third-order valence-corrected chi connectivity index (χ3v) is 4.64. The first kappa shape index (κ1) is 14.1. The number of hydrogen-bond acceptors (Lipinski definition) is 3. The highest BCUT2D eigenvalue weighted by Gasteiger charge is 2.40. The van der Waals surface area contributed by atoms with Crippen molar-refractivity contribution in [1.82, 2.24) is 4.98 Å². The molecule has 2 amide bonds. The Labute approximate surface area is 140 Å². The van der Waals surface area contributed by atoms with Gasteiger partial charge in [-0.15, -0.1) is 0 Å². The van der Waals surface area contributed by atoms with Gasteiger partial charge in [-0.25, -0.2) is 4.90 Å². The third kappa shape index (κ3) is 1.93. The van der Waals surface area contributed by atoms with E-state index in [0.29, 0.717) is 33.4 Å². The summed E-state index contributed by atoms with van der Waals surface area (Å²) < 4.78 is 0.805. The van der Waals surface area contributed by atoms with E-state index in [4.69, 9.17) is 0 Å². The molecule has 1 aliphatic heterocycles. The average Bonchev–Trinajstić information content (AvgIpc) is 2.82. The highest BCUT2D eigenvalue weighted by molar-refractivity contribution is 9.10. The lowest BCUT2D eigenvalue weighted by Crippen LogP contribution is -2.29. The quantitative estimate of drug-likeness (QED) is 0.609. The van der Waals surface area contributed by atoms with Crippen molar-refractivity contribution in [2.45, 2.75) is 6.92 Å². The molecule has 23 heavy (non-hydrogen) atoms. The molecule has 112 valence electrons. The zero-order chi connectivity index (χ0) is 16.1. The van der Waals surface area contributed by atoms with Gasteiger partial charge >= 0.3 is 0 Å². The van der Waals surface area contributed by atoms with Gasteiger partial charge in [0.2, 0.25) is 0 Å². The standard InChI is InChI=1S/C18H11BrN2O2/c1-10-14-15(12-8-5-9-13(19)16(12)20-10)18(23)21(17(14)22)11-6-3-2-4-7-11/h2-9H,1H3. The average molecular weight is 367 g/mol. The number of pyridine rings is 1. The number of hydrogen-bond donors (Lipinski definition) is 0. The van der Waals surface area contributed by atoms with Gasteiger partial charge in [0, 0.05) is 9.86 Å². The normalized spacial score (nSPS) is 13.7. The number of benzene rings is 2. The van der Waals surface area contributed by atoms with Crippen molar-refractivity contribution in [1.29, 1.82) is 0 Å². The largest absolute Gasteiger partial charge is 0.268 e. The number of para-hydroxylation sites is 2. The molecule has 3 aromatic rings. The molecule has 0 bridgehead atoms. The van der Waals surface area contributed by atoms with Crippen LogP contribution < -0.4 is 4.90 Å². The van der Waals surface area contributed by atoms with Crippen LogP contribution in [-0.2, 0) is 0 Å². The first-order chi connectivity index (χ1) is 11.1. The number of halogens is 1. The summed E-state index contributed by atoms with van der Waals surface area (Å²) in [5.41, 5.74) is 2.66. The molecule has 0 unspecified atom stereocenters. The Hall–Kier alpha value is -2.53. The lowest BCUT2D eigenvalue weighted by molar-refractivity contribution is 0.0926. The van der Waals surface area contributed by atoms with Gasteiger partial charge < -0.3 is 0 Å². The van der Waals surface area contributed by atoms with E-state index in [1.165, 1.54) is 4.90 Å². The second kappa shape index (κ2) is 4.99. The van der Waals surface area contributed by atoms with Crippen LogP contribution in [0.2, 0.25) is 0 Å². The summed E-state index contributed by atoms with van der Waals surface area (Å²) in [6.45, 7) is 1.76. The molecule has 1 aliphatic rings. The second-order valence-electron chi connectivity index (χ2n) is 5.36. The maximum absolute atomic E-state index is 12.9. The monoisotopic (exact) mass is 366 g/mol. The number of amides is 2. The van der Waals surface area contributed by atoms with E-state index in [-0.39, 0.29) is 11.8 Å². The van der Waals surface area contributed by atoms with Gasteiger partial charge in [-0.2, -0.15) is 0 Å². The smallest absolute Gasteiger partial charge is 0.268 e. The number of imide groups is 1. The van der Waals surface area contributed by atoms with Crippen LogP contribution in [0.3, 0.4) is 0 Å². The molecule has 4 nitrogen and oxygen atoms in total. The zero-order valence-electron chi connectivity index (χ0n) is 12.2. The SMILES string of the molecule is Cc1nc2c(Br)cccc2c2c1C(=O)N(c1ccccc1)C2=O. The van der Waals surface area contributed by atoms with Crippen molar-refractivity contribution in [2.75, 3.05) is 4.90 Å². The van der Waals surface area contributed by atoms with Crippen LogP contribution in [0.5, 0.6) is 0 Å². The minimum Gasteiger partial charge on any atom is -0.268 e. The molecule has 2 aromatic carbocycles. The molecule has 0 N–H and O–H groups in total. The van der Waals surface area contributed by atoms with Crippen molar-refractivity contribution in [2.24, 2.45) is 0 Å². The Bertz CT molecular complexity index is 983. The predicted molar refractivity (Wildman–Crippen MR) is 91.8 cm³/mol. The maximum Gasteiger partial charge on any atom is 0.268 e. The fraction of sp³-hybridized carbons (Fsp3) is 0.0556. The number of aryl methyl sites for hydroxylation is 1. The van der Waals surface area contributed by atoms with Gasteiger partial charge in [0.05, 0.1) is 28.0 Å².